The number of hydrogen-bond donors (Lipinski definition) is 1. The van der Waals surface area contributed by atoms with Gasteiger partial charge in [-0.25, -0.2) is 0 Å². The monoisotopic (exact) mass is 362 g/mol. The molecule has 0 unspecified atom stereocenters. The summed E-state index contributed by atoms with van der Waals surface area (Å²) >= 11 is 0. The summed E-state index contributed by atoms with van der Waals surface area (Å²) in [5, 5.41) is 13.6. The van der Waals surface area contributed by atoms with Gasteiger partial charge in [0.25, 0.3) is 11.6 Å². The Kier molecular flexibility index (Phi) is 4.85. The highest BCUT2D eigenvalue weighted by Gasteiger charge is 2.62. The minimum Gasteiger partial charge on any atom is -0.493 e. The van der Waals surface area contributed by atoms with Crippen LogP contribution in [0.15, 0.2) is 17.2 Å². The maximum Gasteiger partial charge on any atom is 0.438 e. The van der Waals surface area contributed by atoms with Crippen molar-refractivity contribution in [3.05, 3.63) is 17.7 Å². The molecule has 1 aromatic rings. The molecule has 0 saturated heterocycles. The van der Waals surface area contributed by atoms with E-state index in [1.54, 1.807) is 0 Å². The molecule has 1 aromatic carbocycles. The average Bonchev–Trinajstić information content (AvgIpc) is 2.88. The zero-order valence-corrected chi connectivity index (χ0v) is 14.0. The lowest BCUT2D eigenvalue weighted by Gasteiger charge is -2.32. The van der Waals surface area contributed by atoms with Gasteiger partial charge in [0.15, 0.2) is 11.5 Å². The fraction of sp³-hybridized carbons (Fsp3) is 0.467. The number of rotatable bonds is 4. The summed E-state index contributed by atoms with van der Waals surface area (Å²) in [6.07, 6.45) is -5.91. The van der Waals surface area contributed by atoms with Crippen molar-refractivity contribution in [2.45, 2.75) is 25.2 Å². The van der Waals surface area contributed by atoms with Crippen LogP contribution in [0, 0.1) is 0 Å². The van der Waals surface area contributed by atoms with E-state index in [9.17, 15) is 23.1 Å². The fourth-order valence-electron chi connectivity index (χ4n) is 2.48. The molecule has 10 heteroatoms. The molecule has 0 aromatic heterocycles. The normalized spacial score (nSPS) is 20.3. The molecule has 0 fully saturated rings. The first-order valence-corrected chi connectivity index (χ1v) is 7.06. The third-order valence-corrected chi connectivity index (χ3v) is 3.68. The molecule has 1 heterocycles. The zero-order valence-electron chi connectivity index (χ0n) is 14.0. The Bertz CT molecular complexity index is 695. The Morgan fingerprint density at radius 1 is 1.20 bits per heavy atom. The van der Waals surface area contributed by atoms with E-state index < -0.39 is 24.2 Å². The van der Waals surface area contributed by atoms with E-state index in [0.29, 0.717) is 0 Å². The second-order valence-corrected chi connectivity index (χ2v) is 5.36. The van der Waals surface area contributed by atoms with Crippen LogP contribution in [0.3, 0.4) is 0 Å². The van der Waals surface area contributed by atoms with Gasteiger partial charge in [-0.15, -0.1) is 0 Å². The lowest BCUT2D eigenvalue weighted by molar-refractivity contribution is -0.297. The van der Waals surface area contributed by atoms with Gasteiger partial charge in [-0.3, -0.25) is 4.79 Å². The van der Waals surface area contributed by atoms with Gasteiger partial charge in [-0.05, 0) is 19.1 Å². The average molecular weight is 362 g/mol. The number of amides is 1. The van der Waals surface area contributed by atoms with Gasteiger partial charge < -0.3 is 19.3 Å². The molecule has 7 nitrogen and oxygen atoms in total. The maximum absolute atomic E-state index is 13.3. The fourth-order valence-corrected chi connectivity index (χ4v) is 2.48. The van der Waals surface area contributed by atoms with E-state index >= 15 is 0 Å². The summed E-state index contributed by atoms with van der Waals surface area (Å²) in [4.78, 5) is 12.6. The summed E-state index contributed by atoms with van der Waals surface area (Å²) in [6.45, 7) is 1.29. The first-order valence-electron chi connectivity index (χ1n) is 7.06. The van der Waals surface area contributed by atoms with Crippen LogP contribution in [0.5, 0.6) is 17.2 Å². The Hall–Kier alpha value is -2.49. The third kappa shape index (κ3) is 3.09. The second kappa shape index (κ2) is 6.43. The summed E-state index contributed by atoms with van der Waals surface area (Å²) in [6, 6.07) is 2.37. The van der Waals surface area contributed by atoms with Crippen LogP contribution >= 0.6 is 0 Å². The van der Waals surface area contributed by atoms with Crippen LogP contribution in [0.1, 0.15) is 23.7 Å². The first-order chi connectivity index (χ1) is 11.6. The molecule has 0 radical (unpaired) electrons. The molecule has 1 aliphatic rings. The van der Waals surface area contributed by atoms with E-state index in [2.05, 4.69) is 5.10 Å². The number of hydrogen-bond acceptors (Lipinski definition) is 6. The molecule has 1 atom stereocenters. The zero-order chi connectivity index (χ0) is 19.0. The predicted octanol–water partition coefficient (Wildman–Crippen LogP) is 2.19. The van der Waals surface area contributed by atoms with Crippen LogP contribution in [-0.4, -0.2) is 55.0 Å². The number of benzene rings is 1. The van der Waals surface area contributed by atoms with Crippen molar-refractivity contribution < 1.29 is 37.3 Å². The lowest BCUT2D eigenvalue weighted by atomic mass is 10.1. The van der Waals surface area contributed by atoms with Gasteiger partial charge in [-0.1, -0.05) is 0 Å². The van der Waals surface area contributed by atoms with Gasteiger partial charge in [0.2, 0.25) is 5.75 Å². The number of halogens is 3. The quantitative estimate of drug-likeness (QED) is 0.888. The maximum atomic E-state index is 13.3. The first kappa shape index (κ1) is 18.8. The summed E-state index contributed by atoms with van der Waals surface area (Å²) in [5.74, 6) is -0.814. The highest BCUT2D eigenvalue weighted by atomic mass is 19.4. The lowest BCUT2D eigenvalue weighted by Crippen LogP contribution is -2.56. The third-order valence-electron chi connectivity index (χ3n) is 3.68. The second-order valence-electron chi connectivity index (χ2n) is 5.36. The van der Waals surface area contributed by atoms with E-state index in [-0.39, 0.29) is 33.5 Å². The standard InChI is InChI=1S/C15H17F3N2O5/c1-8-7-14(22,15(16,17)18)20(19-8)13(21)9-5-10(23-2)12(25-4)11(6-9)24-3/h5-6,22H,7H2,1-4H3/t14-/m0/s1. The van der Waals surface area contributed by atoms with Gasteiger partial charge >= 0.3 is 6.18 Å². The molecule has 1 N–H and O–H groups in total. The predicted molar refractivity (Wildman–Crippen MR) is 81.0 cm³/mol. The Balaban J connectivity index is 2.53. The van der Waals surface area contributed by atoms with Crippen LogP contribution in [-0.2, 0) is 0 Å². The summed E-state index contributed by atoms with van der Waals surface area (Å²) in [7, 11) is 3.95. The van der Waals surface area contributed by atoms with Crippen molar-refractivity contribution in [1.29, 1.82) is 0 Å². The largest absolute Gasteiger partial charge is 0.493 e. The number of nitrogens with zero attached hydrogens (tertiary/aromatic N) is 2. The van der Waals surface area contributed by atoms with Crippen molar-refractivity contribution in [1.82, 2.24) is 5.01 Å². The molecule has 25 heavy (non-hydrogen) atoms. The molecule has 0 saturated carbocycles. The number of alkyl halides is 3. The van der Waals surface area contributed by atoms with Crippen molar-refractivity contribution in [2.24, 2.45) is 5.10 Å². The molecule has 0 spiro atoms. The number of methoxy groups -OCH3 is 3. The molecule has 0 aliphatic carbocycles. The van der Waals surface area contributed by atoms with E-state index in [1.807, 2.05) is 0 Å². The molecule has 138 valence electrons. The van der Waals surface area contributed by atoms with E-state index in [1.165, 1.54) is 40.4 Å². The Morgan fingerprint density at radius 3 is 2.12 bits per heavy atom. The van der Waals surface area contributed by atoms with E-state index in [0.717, 1.165) is 0 Å². The topological polar surface area (TPSA) is 80.6 Å². The Morgan fingerprint density at radius 2 is 1.72 bits per heavy atom. The minimum atomic E-state index is -5.08. The van der Waals surface area contributed by atoms with Crippen molar-refractivity contribution in [3.63, 3.8) is 0 Å². The summed E-state index contributed by atoms with van der Waals surface area (Å²) < 4.78 is 55.1. The molecular weight excluding hydrogens is 345 g/mol. The number of hydrazone groups is 1. The smallest absolute Gasteiger partial charge is 0.438 e. The van der Waals surface area contributed by atoms with Crippen molar-refractivity contribution in [3.8, 4) is 17.2 Å². The summed E-state index contributed by atoms with van der Waals surface area (Å²) in [5.41, 5.74) is -3.65. The molecule has 1 aliphatic heterocycles. The number of ether oxygens (including phenoxy) is 3. The van der Waals surface area contributed by atoms with Crippen molar-refractivity contribution in [2.75, 3.05) is 21.3 Å². The van der Waals surface area contributed by atoms with Crippen molar-refractivity contribution >= 4 is 11.6 Å². The molecule has 1 amide bonds. The molecule has 0 bridgehead atoms. The van der Waals surface area contributed by atoms with Crippen LogP contribution in [0.2, 0.25) is 0 Å². The SMILES string of the molecule is COc1cc(C(=O)N2N=C(C)C[C@]2(O)C(F)(F)F)cc(OC)c1OC. The van der Waals surface area contributed by atoms with Crippen LogP contribution in [0.25, 0.3) is 0 Å². The Labute approximate surface area is 141 Å². The molecule has 2 rings (SSSR count). The number of aliphatic hydroxyl groups is 1. The van der Waals surface area contributed by atoms with Gasteiger partial charge in [0.1, 0.15) is 0 Å². The minimum absolute atomic E-state index is 0.0272. The van der Waals surface area contributed by atoms with Gasteiger partial charge in [0.05, 0.1) is 21.3 Å². The highest BCUT2D eigenvalue weighted by Crippen LogP contribution is 2.43. The molecular formula is C15H17F3N2O5. The van der Waals surface area contributed by atoms with Gasteiger partial charge in [-0.2, -0.15) is 23.3 Å². The van der Waals surface area contributed by atoms with E-state index in [4.69, 9.17) is 14.2 Å². The van der Waals surface area contributed by atoms with Crippen LogP contribution in [0.4, 0.5) is 13.2 Å². The van der Waals surface area contributed by atoms with Crippen LogP contribution < -0.4 is 14.2 Å². The number of carbonyl (C=O) groups is 1. The highest BCUT2D eigenvalue weighted by molar-refractivity contribution is 5.98. The number of carbonyl (C=O) groups excluding carboxylic acids is 1. The van der Waals surface area contributed by atoms with Gasteiger partial charge in [0, 0.05) is 17.7 Å².